The Kier molecular flexibility index (Phi) is 4.14. The quantitative estimate of drug-likeness (QED) is 0.775. The summed E-state index contributed by atoms with van der Waals surface area (Å²) in [5.74, 6) is 0.900. The number of aldehydes is 1. The summed E-state index contributed by atoms with van der Waals surface area (Å²) in [6.45, 7) is 3.91. The maximum atomic E-state index is 10.7. The van der Waals surface area contributed by atoms with Crippen LogP contribution in [0.3, 0.4) is 0 Å². The van der Waals surface area contributed by atoms with Crippen LogP contribution >= 0.6 is 15.9 Å². The molecule has 1 unspecified atom stereocenters. The van der Waals surface area contributed by atoms with E-state index in [0.29, 0.717) is 5.75 Å². The zero-order valence-corrected chi connectivity index (χ0v) is 9.82. The van der Waals surface area contributed by atoms with Crippen LogP contribution in [0.25, 0.3) is 0 Å². The van der Waals surface area contributed by atoms with Crippen molar-refractivity contribution in [3.63, 3.8) is 0 Å². The molecular weight excluding hydrogens is 244 g/mol. The van der Waals surface area contributed by atoms with E-state index in [0.717, 1.165) is 10.8 Å². The Labute approximate surface area is 92.4 Å². The number of carbonyl (C=O) groups is 1. The van der Waals surface area contributed by atoms with Crippen molar-refractivity contribution in [2.75, 3.05) is 0 Å². The van der Waals surface area contributed by atoms with Gasteiger partial charge in [-0.25, -0.2) is 0 Å². The molecule has 2 nitrogen and oxygen atoms in total. The molecule has 1 rings (SSSR count). The fourth-order valence-electron chi connectivity index (χ4n) is 1.02. The standard InChI is InChI=1S/C11H13BrO2/c1-8(2)11(7-13)14-10-5-3-4-9(12)6-10/h3-8,11H,1-2H3. The molecule has 1 aromatic carbocycles. The molecule has 0 aromatic heterocycles. The normalized spacial score (nSPS) is 12.6. The lowest BCUT2D eigenvalue weighted by Crippen LogP contribution is -2.24. The van der Waals surface area contributed by atoms with Crippen LogP contribution in [0.4, 0.5) is 0 Å². The molecule has 76 valence electrons. The average molecular weight is 257 g/mol. The molecule has 0 aliphatic carbocycles. The Morgan fingerprint density at radius 1 is 1.43 bits per heavy atom. The molecule has 14 heavy (non-hydrogen) atoms. The fourth-order valence-corrected chi connectivity index (χ4v) is 1.40. The molecule has 0 aliphatic heterocycles. The van der Waals surface area contributed by atoms with Crippen molar-refractivity contribution in [3.8, 4) is 5.75 Å². The zero-order chi connectivity index (χ0) is 10.6. The number of carbonyl (C=O) groups excluding carboxylic acids is 1. The van der Waals surface area contributed by atoms with E-state index < -0.39 is 0 Å². The van der Waals surface area contributed by atoms with E-state index in [1.54, 1.807) is 0 Å². The van der Waals surface area contributed by atoms with Crippen LogP contribution in [0, 0.1) is 5.92 Å². The highest BCUT2D eigenvalue weighted by molar-refractivity contribution is 9.10. The molecule has 0 fully saturated rings. The van der Waals surface area contributed by atoms with E-state index in [4.69, 9.17) is 4.74 Å². The minimum atomic E-state index is -0.371. The van der Waals surface area contributed by atoms with Gasteiger partial charge in [-0.05, 0) is 24.1 Å². The van der Waals surface area contributed by atoms with Crippen LogP contribution in [0.1, 0.15) is 13.8 Å². The van der Waals surface area contributed by atoms with Gasteiger partial charge in [-0.2, -0.15) is 0 Å². The van der Waals surface area contributed by atoms with Crippen LogP contribution in [0.5, 0.6) is 5.75 Å². The average Bonchev–Trinajstić information content (AvgIpc) is 2.14. The van der Waals surface area contributed by atoms with Crippen molar-refractivity contribution in [1.82, 2.24) is 0 Å². The minimum absolute atomic E-state index is 0.187. The van der Waals surface area contributed by atoms with E-state index >= 15 is 0 Å². The number of ether oxygens (including phenoxy) is 1. The molecule has 0 saturated heterocycles. The maximum Gasteiger partial charge on any atom is 0.160 e. The van der Waals surface area contributed by atoms with Gasteiger partial charge >= 0.3 is 0 Å². The Morgan fingerprint density at radius 3 is 2.64 bits per heavy atom. The molecule has 0 amide bonds. The summed E-state index contributed by atoms with van der Waals surface area (Å²) in [7, 11) is 0. The number of rotatable bonds is 4. The molecule has 0 heterocycles. The number of hydrogen-bond acceptors (Lipinski definition) is 2. The van der Waals surface area contributed by atoms with Gasteiger partial charge in [-0.15, -0.1) is 0 Å². The monoisotopic (exact) mass is 256 g/mol. The molecular formula is C11H13BrO2. The van der Waals surface area contributed by atoms with Crippen LogP contribution < -0.4 is 4.74 Å². The highest BCUT2D eigenvalue weighted by Gasteiger charge is 2.13. The third-order valence-electron chi connectivity index (χ3n) is 1.86. The lowest BCUT2D eigenvalue weighted by Gasteiger charge is -2.16. The van der Waals surface area contributed by atoms with Crippen molar-refractivity contribution >= 4 is 22.2 Å². The van der Waals surface area contributed by atoms with Crippen molar-refractivity contribution in [2.45, 2.75) is 20.0 Å². The molecule has 0 bridgehead atoms. The van der Waals surface area contributed by atoms with Crippen molar-refractivity contribution in [2.24, 2.45) is 5.92 Å². The smallest absolute Gasteiger partial charge is 0.160 e. The zero-order valence-electron chi connectivity index (χ0n) is 8.24. The molecule has 0 radical (unpaired) electrons. The molecule has 0 spiro atoms. The summed E-state index contributed by atoms with van der Waals surface area (Å²) in [6, 6.07) is 7.47. The van der Waals surface area contributed by atoms with Crippen molar-refractivity contribution in [1.29, 1.82) is 0 Å². The first-order valence-electron chi connectivity index (χ1n) is 4.51. The van der Waals surface area contributed by atoms with Gasteiger partial charge < -0.3 is 4.74 Å². The first-order chi connectivity index (χ1) is 6.63. The molecule has 0 N–H and O–H groups in total. The number of halogens is 1. The first kappa shape index (κ1) is 11.2. The van der Waals surface area contributed by atoms with Crippen molar-refractivity contribution < 1.29 is 9.53 Å². The number of benzene rings is 1. The highest BCUT2D eigenvalue weighted by atomic mass is 79.9. The summed E-state index contributed by atoms with van der Waals surface area (Å²) in [4.78, 5) is 10.7. The molecule has 3 heteroatoms. The van der Waals surface area contributed by atoms with Gasteiger partial charge in [0, 0.05) is 4.47 Å². The lowest BCUT2D eigenvalue weighted by atomic mass is 10.1. The van der Waals surface area contributed by atoms with Gasteiger partial charge in [0.15, 0.2) is 12.4 Å². The molecule has 1 atom stereocenters. The summed E-state index contributed by atoms with van der Waals surface area (Å²) in [5, 5.41) is 0. The van der Waals surface area contributed by atoms with E-state index in [9.17, 15) is 4.79 Å². The Hall–Kier alpha value is -0.830. The highest BCUT2D eigenvalue weighted by Crippen LogP contribution is 2.20. The summed E-state index contributed by atoms with van der Waals surface area (Å²) in [5.41, 5.74) is 0. The topological polar surface area (TPSA) is 26.3 Å². The SMILES string of the molecule is CC(C)C(C=O)Oc1cccc(Br)c1. The lowest BCUT2D eigenvalue weighted by molar-refractivity contribution is -0.115. The predicted octanol–water partition coefficient (Wildman–Crippen LogP) is 3.05. The van der Waals surface area contributed by atoms with Gasteiger partial charge in [0.25, 0.3) is 0 Å². The van der Waals surface area contributed by atoms with Gasteiger partial charge in [0.1, 0.15) is 5.75 Å². The number of hydrogen-bond donors (Lipinski definition) is 0. The third-order valence-corrected chi connectivity index (χ3v) is 2.35. The van der Waals surface area contributed by atoms with E-state index in [-0.39, 0.29) is 12.0 Å². The van der Waals surface area contributed by atoms with E-state index in [2.05, 4.69) is 15.9 Å². The van der Waals surface area contributed by atoms with Crippen LogP contribution in [0.15, 0.2) is 28.7 Å². The molecule has 0 saturated carbocycles. The Morgan fingerprint density at radius 2 is 2.14 bits per heavy atom. The second kappa shape index (κ2) is 5.15. The van der Waals surface area contributed by atoms with Crippen LogP contribution in [0.2, 0.25) is 0 Å². The largest absolute Gasteiger partial charge is 0.483 e. The van der Waals surface area contributed by atoms with Gasteiger partial charge in [-0.3, -0.25) is 4.79 Å². The van der Waals surface area contributed by atoms with Gasteiger partial charge in [0.05, 0.1) is 0 Å². The Bertz CT molecular complexity index is 310. The fraction of sp³-hybridized carbons (Fsp3) is 0.364. The summed E-state index contributed by atoms with van der Waals surface area (Å²) in [6.07, 6.45) is 0.468. The van der Waals surface area contributed by atoms with Crippen molar-refractivity contribution in [3.05, 3.63) is 28.7 Å². The Balaban J connectivity index is 2.72. The minimum Gasteiger partial charge on any atom is -0.483 e. The summed E-state index contributed by atoms with van der Waals surface area (Å²) < 4.78 is 6.46. The van der Waals surface area contributed by atoms with Gasteiger partial charge in [0.2, 0.25) is 0 Å². The first-order valence-corrected chi connectivity index (χ1v) is 5.30. The molecule has 0 aliphatic rings. The van der Waals surface area contributed by atoms with Crippen LogP contribution in [-0.4, -0.2) is 12.4 Å². The van der Waals surface area contributed by atoms with E-state index in [1.807, 2.05) is 38.1 Å². The predicted molar refractivity (Wildman–Crippen MR) is 59.5 cm³/mol. The second-order valence-corrected chi connectivity index (χ2v) is 4.34. The van der Waals surface area contributed by atoms with Crippen LogP contribution in [-0.2, 0) is 4.79 Å². The van der Waals surface area contributed by atoms with E-state index in [1.165, 1.54) is 0 Å². The second-order valence-electron chi connectivity index (χ2n) is 3.42. The summed E-state index contributed by atoms with van der Waals surface area (Å²) >= 11 is 3.34. The van der Waals surface area contributed by atoms with Gasteiger partial charge in [-0.1, -0.05) is 35.8 Å². The molecule has 1 aromatic rings. The maximum absolute atomic E-state index is 10.7. The third kappa shape index (κ3) is 3.14.